The van der Waals surface area contributed by atoms with Gasteiger partial charge in [0.2, 0.25) is 5.88 Å². The highest BCUT2D eigenvalue weighted by atomic mass is 19.1. The van der Waals surface area contributed by atoms with Crippen molar-refractivity contribution in [2.24, 2.45) is 11.7 Å². The summed E-state index contributed by atoms with van der Waals surface area (Å²) in [6.45, 7) is 5.30. The molecule has 124 valence electrons. The van der Waals surface area contributed by atoms with Crippen molar-refractivity contribution in [3.63, 3.8) is 0 Å². The Hall–Kier alpha value is -2.41. The minimum absolute atomic E-state index is 0.0387. The monoisotopic (exact) mass is 321 g/mol. The Labute approximate surface area is 133 Å². The SMILES string of the molecule is CC(C)C(C)(O)COc1cc(C(N)=O)nn1-c1ccccc1F. The number of aromatic nitrogens is 2. The topological polar surface area (TPSA) is 90.4 Å². The number of carbonyl (C=O) groups excluding carboxylic acids is 1. The molecule has 1 aromatic heterocycles. The standard InChI is InChI=1S/C16H20FN3O3/c1-10(2)16(3,22)9-23-14-8-12(15(18)21)19-20(14)13-7-5-4-6-11(13)17/h4-8,10,22H,9H2,1-3H3,(H2,18,21). The van der Waals surface area contributed by atoms with E-state index >= 15 is 0 Å². The van der Waals surface area contributed by atoms with Crippen LogP contribution in [-0.4, -0.2) is 33.0 Å². The second kappa shape index (κ2) is 6.37. The minimum atomic E-state index is -1.09. The van der Waals surface area contributed by atoms with Crippen LogP contribution < -0.4 is 10.5 Å². The van der Waals surface area contributed by atoms with E-state index in [1.54, 1.807) is 19.1 Å². The quantitative estimate of drug-likeness (QED) is 0.850. The van der Waals surface area contributed by atoms with Gasteiger partial charge in [-0.05, 0) is 25.0 Å². The van der Waals surface area contributed by atoms with E-state index in [0.29, 0.717) is 0 Å². The molecule has 2 aromatic rings. The number of ether oxygens (including phenoxy) is 1. The maximum Gasteiger partial charge on any atom is 0.269 e. The third-order valence-electron chi connectivity index (χ3n) is 3.77. The number of halogens is 1. The van der Waals surface area contributed by atoms with Gasteiger partial charge in [-0.25, -0.2) is 4.39 Å². The summed E-state index contributed by atoms with van der Waals surface area (Å²) in [7, 11) is 0. The van der Waals surface area contributed by atoms with Crippen LogP contribution in [0.25, 0.3) is 5.69 Å². The zero-order chi connectivity index (χ0) is 17.2. The Bertz CT molecular complexity index is 710. The number of benzene rings is 1. The molecule has 1 amide bonds. The minimum Gasteiger partial charge on any atom is -0.474 e. The lowest BCUT2D eigenvalue weighted by molar-refractivity contribution is -0.0284. The summed E-state index contributed by atoms with van der Waals surface area (Å²) in [5.74, 6) is -1.19. The molecule has 0 bridgehead atoms. The fourth-order valence-corrected chi connectivity index (χ4v) is 1.77. The molecule has 0 aliphatic heterocycles. The lowest BCUT2D eigenvalue weighted by atomic mass is 9.94. The van der Waals surface area contributed by atoms with Crippen LogP contribution in [0.4, 0.5) is 4.39 Å². The zero-order valence-electron chi connectivity index (χ0n) is 13.3. The normalized spacial score (nSPS) is 13.8. The number of primary amides is 1. The fraction of sp³-hybridized carbons (Fsp3) is 0.375. The van der Waals surface area contributed by atoms with Crippen LogP contribution >= 0.6 is 0 Å². The van der Waals surface area contributed by atoms with Gasteiger partial charge in [-0.1, -0.05) is 26.0 Å². The van der Waals surface area contributed by atoms with Crippen molar-refractivity contribution in [2.45, 2.75) is 26.4 Å². The number of carbonyl (C=O) groups is 1. The van der Waals surface area contributed by atoms with Crippen LogP contribution in [0.2, 0.25) is 0 Å². The Morgan fingerprint density at radius 1 is 1.48 bits per heavy atom. The average molecular weight is 321 g/mol. The predicted molar refractivity (Wildman–Crippen MR) is 83.0 cm³/mol. The van der Waals surface area contributed by atoms with Gasteiger partial charge < -0.3 is 15.6 Å². The average Bonchev–Trinajstić information content (AvgIpc) is 2.90. The number of hydrogen-bond donors (Lipinski definition) is 2. The van der Waals surface area contributed by atoms with Gasteiger partial charge in [-0.2, -0.15) is 9.78 Å². The van der Waals surface area contributed by atoms with Crippen molar-refractivity contribution in [1.29, 1.82) is 0 Å². The molecule has 3 N–H and O–H groups in total. The maximum atomic E-state index is 14.0. The summed E-state index contributed by atoms with van der Waals surface area (Å²) in [6, 6.07) is 7.28. The summed E-state index contributed by atoms with van der Waals surface area (Å²) in [6.07, 6.45) is 0. The van der Waals surface area contributed by atoms with Crippen molar-refractivity contribution in [1.82, 2.24) is 9.78 Å². The molecule has 23 heavy (non-hydrogen) atoms. The van der Waals surface area contributed by atoms with Gasteiger partial charge in [-0.15, -0.1) is 0 Å². The summed E-state index contributed by atoms with van der Waals surface area (Å²) < 4.78 is 20.7. The van der Waals surface area contributed by atoms with Crippen LogP contribution in [0.3, 0.4) is 0 Å². The van der Waals surface area contributed by atoms with Gasteiger partial charge in [0.1, 0.15) is 18.1 Å². The van der Waals surface area contributed by atoms with Crippen LogP contribution in [0.5, 0.6) is 5.88 Å². The van der Waals surface area contributed by atoms with E-state index in [2.05, 4.69) is 5.10 Å². The van der Waals surface area contributed by atoms with Gasteiger partial charge in [0.25, 0.3) is 5.91 Å². The predicted octanol–water partition coefficient (Wildman–Crippen LogP) is 1.90. The summed E-state index contributed by atoms with van der Waals surface area (Å²) in [5.41, 5.74) is 4.22. The molecule has 1 unspecified atom stereocenters. The number of para-hydroxylation sites is 1. The van der Waals surface area contributed by atoms with Crippen LogP contribution in [0, 0.1) is 11.7 Å². The van der Waals surface area contributed by atoms with Crippen molar-refractivity contribution in [3.8, 4) is 11.6 Å². The highest BCUT2D eigenvalue weighted by molar-refractivity contribution is 5.91. The van der Waals surface area contributed by atoms with Gasteiger partial charge in [0, 0.05) is 6.07 Å². The first kappa shape index (κ1) is 17.0. The first-order valence-corrected chi connectivity index (χ1v) is 7.22. The third-order valence-corrected chi connectivity index (χ3v) is 3.77. The van der Waals surface area contributed by atoms with Crippen LogP contribution in [0.15, 0.2) is 30.3 Å². The summed E-state index contributed by atoms with van der Waals surface area (Å²) in [5, 5.41) is 14.2. The molecule has 0 saturated carbocycles. The molecule has 6 nitrogen and oxygen atoms in total. The van der Waals surface area contributed by atoms with E-state index in [-0.39, 0.29) is 29.8 Å². The molecular formula is C16H20FN3O3. The number of amides is 1. The number of aliphatic hydroxyl groups is 1. The van der Waals surface area contributed by atoms with E-state index < -0.39 is 17.3 Å². The molecule has 0 spiro atoms. The van der Waals surface area contributed by atoms with E-state index in [0.717, 1.165) is 4.68 Å². The van der Waals surface area contributed by atoms with E-state index in [1.165, 1.54) is 18.2 Å². The van der Waals surface area contributed by atoms with E-state index in [4.69, 9.17) is 10.5 Å². The molecule has 0 aliphatic rings. The third kappa shape index (κ3) is 3.68. The second-order valence-corrected chi connectivity index (χ2v) is 5.90. The molecule has 0 saturated heterocycles. The smallest absolute Gasteiger partial charge is 0.269 e. The van der Waals surface area contributed by atoms with Crippen LogP contribution in [-0.2, 0) is 0 Å². The van der Waals surface area contributed by atoms with Crippen molar-refractivity contribution >= 4 is 5.91 Å². The van der Waals surface area contributed by atoms with Gasteiger partial charge in [0.05, 0.1) is 5.60 Å². The molecule has 0 fully saturated rings. The first-order valence-electron chi connectivity index (χ1n) is 7.22. The lowest BCUT2D eigenvalue weighted by Gasteiger charge is -2.27. The Balaban J connectivity index is 2.39. The van der Waals surface area contributed by atoms with Gasteiger partial charge in [0.15, 0.2) is 5.69 Å². The first-order chi connectivity index (χ1) is 10.7. The molecule has 0 radical (unpaired) electrons. The van der Waals surface area contributed by atoms with E-state index in [1.807, 2.05) is 13.8 Å². The Kier molecular flexibility index (Phi) is 4.70. The fourth-order valence-electron chi connectivity index (χ4n) is 1.77. The highest BCUT2D eigenvalue weighted by Crippen LogP contribution is 2.24. The van der Waals surface area contributed by atoms with E-state index in [9.17, 15) is 14.3 Å². The largest absolute Gasteiger partial charge is 0.474 e. The van der Waals surface area contributed by atoms with Crippen molar-refractivity contribution < 1.29 is 19.0 Å². The molecule has 2 rings (SSSR count). The second-order valence-electron chi connectivity index (χ2n) is 5.90. The molecular weight excluding hydrogens is 301 g/mol. The maximum absolute atomic E-state index is 14.0. The Morgan fingerprint density at radius 3 is 2.70 bits per heavy atom. The number of nitrogens with two attached hydrogens (primary N) is 1. The molecule has 1 heterocycles. The number of nitrogens with zero attached hydrogens (tertiary/aromatic N) is 2. The van der Waals surface area contributed by atoms with Crippen molar-refractivity contribution in [2.75, 3.05) is 6.61 Å². The molecule has 0 aliphatic carbocycles. The van der Waals surface area contributed by atoms with Crippen LogP contribution in [0.1, 0.15) is 31.3 Å². The van der Waals surface area contributed by atoms with Gasteiger partial charge >= 0.3 is 0 Å². The van der Waals surface area contributed by atoms with Gasteiger partial charge in [-0.3, -0.25) is 4.79 Å². The lowest BCUT2D eigenvalue weighted by Crippen LogP contribution is -2.38. The summed E-state index contributed by atoms with van der Waals surface area (Å²) in [4.78, 5) is 11.3. The zero-order valence-corrected chi connectivity index (χ0v) is 13.3. The molecule has 7 heteroatoms. The summed E-state index contributed by atoms with van der Waals surface area (Å²) >= 11 is 0. The number of hydrogen-bond acceptors (Lipinski definition) is 4. The Morgan fingerprint density at radius 2 is 2.13 bits per heavy atom. The molecule has 1 atom stereocenters. The number of rotatable bonds is 6. The van der Waals surface area contributed by atoms with Crippen molar-refractivity contribution in [3.05, 3.63) is 41.8 Å². The molecule has 1 aromatic carbocycles. The highest BCUT2D eigenvalue weighted by Gasteiger charge is 2.27.